The minimum atomic E-state index is -1.04. The normalized spacial score (nSPS) is 27.7. The van der Waals surface area contributed by atoms with E-state index in [1.54, 1.807) is 24.2 Å². The van der Waals surface area contributed by atoms with Crippen molar-refractivity contribution in [2.75, 3.05) is 20.2 Å². The Hall–Kier alpha value is -3.38. The quantitative estimate of drug-likeness (QED) is 0.398. The highest BCUT2D eigenvalue weighted by Crippen LogP contribution is 2.69. The highest BCUT2D eigenvalue weighted by molar-refractivity contribution is 9.10. The minimum Gasteiger partial charge on any atom is -0.496 e. The Morgan fingerprint density at radius 3 is 2.65 bits per heavy atom. The number of halogens is 1. The average Bonchev–Trinajstić information content (AvgIpc) is 3.36. The van der Waals surface area contributed by atoms with Crippen LogP contribution in [0.3, 0.4) is 0 Å². The third-order valence-corrected chi connectivity index (χ3v) is 9.43. The van der Waals surface area contributed by atoms with E-state index in [9.17, 15) is 14.7 Å². The molecule has 3 aromatic carbocycles. The molecule has 1 N–H and O–H groups in total. The van der Waals surface area contributed by atoms with Crippen LogP contribution in [0.2, 0.25) is 0 Å². The summed E-state index contributed by atoms with van der Waals surface area (Å²) in [6.45, 7) is 0.607. The molecule has 0 radical (unpaired) electrons. The van der Waals surface area contributed by atoms with Gasteiger partial charge >= 0.3 is 5.97 Å². The van der Waals surface area contributed by atoms with Crippen LogP contribution in [0.5, 0.6) is 5.75 Å². The fraction of sp³-hybridized carbons (Fsp3) is 0.290. The van der Waals surface area contributed by atoms with Gasteiger partial charge in [0.05, 0.1) is 12.5 Å². The van der Waals surface area contributed by atoms with Gasteiger partial charge in [-0.1, -0.05) is 70.5 Å². The molecule has 2 fully saturated rings. The summed E-state index contributed by atoms with van der Waals surface area (Å²) in [5.74, 6) is -0.653. The van der Waals surface area contributed by atoms with Gasteiger partial charge in [-0.15, -0.1) is 0 Å². The van der Waals surface area contributed by atoms with E-state index in [1.807, 2.05) is 42.5 Å². The first-order chi connectivity index (χ1) is 17.9. The molecule has 4 aliphatic rings. The van der Waals surface area contributed by atoms with Gasteiger partial charge in [-0.05, 0) is 53.8 Å². The number of hydrogen-bond acceptors (Lipinski definition) is 3. The van der Waals surface area contributed by atoms with Gasteiger partial charge in [-0.25, -0.2) is 0 Å². The lowest BCUT2D eigenvalue weighted by atomic mass is 9.42. The van der Waals surface area contributed by atoms with Crippen LogP contribution >= 0.6 is 15.9 Å². The summed E-state index contributed by atoms with van der Waals surface area (Å²) in [5.41, 5.74) is 2.73. The third-order valence-electron chi connectivity index (χ3n) is 8.93. The van der Waals surface area contributed by atoms with Gasteiger partial charge in [0.1, 0.15) is 5.75 Å². The molecule has 1 saturated carbocycles. The number of hydrogen-bond donors (Lipinski definition) is 1. The maximum Gasteiger partial charge on any atom is 0.312 e. The predicted octanol–water partition coefficient (Wildman–Crippen LogP) is 5.88. The highest BCUT2D eigenvalue weighted by atomic mass is 79.9. The van der Waals surface area contributed by atoms with Gasteiger partial charge in [-0.2, -0.15) is 0 Å². The molecular formula is C31H28BrNO4. The van der Waals surface area contributed by atoms with E-state index in [0.717, 1.165) is 34.0 Å². The molecule has 1 amide bonds. The maximum atomic E-state index is 13.5. The van der Waals surface area contributed by atoms with Gasteiger partial charge in [-0.3, -0.25) is 9.59 Å². The maximum absolute atomic E-state index is 13.5. The average molecular weight is 558 g/mol. The molecule has 1 heterocycles. The largest absolute Gasteiger partial charge is 0.496 e. The molecule has 7 rings (SSSR count). The summed E-state index contributed by atoms with van der Waals surface area (Å²) in [6.07, 6.45) is 4.95. The fourth-order valence-electron chi connectivity index (χ4n) is 7.46. The number of carbonyl (C=O) groups excluding carboxylic acids is 1. The SMILES string of the molecule is COc1ccccc1/C=C/C(=O)N1C[C@H]2[C@]3(c4cccc(Br)c4)CC[C@@H](c4ccccc43)[C@@]2(C(=O)O)C1. The molecule has 1 aliphatic heterocycles. The topological polar surface area (TPSA) is 66.8 Å². The first-order valence-electron chi connectivity index (χ1n) is 12.6. The second kappa shape index (κ2) is 8.88. The number of carboxylic acids is 1. The molecule has 0 aromatic heterocycles. The second-order valence-electron chi connectivity index (χ2n) is 10.4. The van der Waals surface area contributed by atoms with Crippen molar-refractivity contribution in [1.29, 1.82) is 0 Å². The van der Waals surface area contributed by atoms with Crippen LogP contribution in [0.25, 0.3) is 6.08 Å². The molecule has 37 heavy (non-hydrogen) atoms. The van der Waals surface area contributed by atoms with E-state index >= 15 is 0 Å². The van der Waals surface area contributed by atoms with Crippen LogP contribution in [0, 0.1) is 11.3 Å². The summed E-state index contributed by atoms with van der Waals surface area (Å²) in [6, 6.07) is 24.1. The number of nitrogens with zero attached hydrogens (tertiary/aromatic N) is 1. The zero-order valence-corrected chi connectivity index (χ0v) is 22.1. The Balaban J connectivity index is 1.45. The van der Waals surface area contributed by atoms with Crippen LogP contribution < -0.4 is 4.74 Å². The van der Waals surface area contributed by atoms with Crippen molar-refractivity contribution >= 4 is 33.9 Å². The molecule has 0 unspecified atom stereocenters. The lowest BCUT2D eigenvalue weighted by Gasteiger charge is -2.59. The van der Waals surface area contributed by atoms with Crippen molar-refractivity contribution in [1.82, 2.24) is 4.90 Å². The van der Waals surface area contributed by atoms with Crippen LogP contribution in [-0.4, -0.2) is 42.1 Å². The first-order valence-corrected chi connectivity index (χ1v) is 13.4. The summed E-state index contributed by atoms with van der Waals surface area (Å²) in [4.78, 5) is 28.5. The van der Waals surface area contributed by atoms with Crippen molar-refractivity contribution in [2.24, 2.45) is 11.3 Å². The molecule has 3 aliphatic carbocycles. The number of amides is 1. The lowest BCUT2D eigenvalue weighted by molar-refractivity contribution is -0.157. The van der Waals surface area contributed by atoms with Crippen LogP contribution in [0.1, 0.15) is 41.0 Å². The van der Waals surface area contributed by atoms with Crippen molar-refractivity contribution in [3.63, 3.8) is 0 Å². The van der Waals surface area contributed by atoms with E-state index in [2.05, 4.69) is 46.3 Å². The number of aliphatic carboxylic acids is 1. The summed E-state index contributed by atoms with van der Waals surface area (Å²) in [7, 11) is 1.60. The molecule has 5 nitrogen and oxygen atoms in total. The number of ether oxygens (including phenoxy) is 1. The predicted molar refractivity (Wildman–Crippen MR) is 146 cm³/mol. The van der Waals surface area contributed by atoms with Gasteiger partial charge in [0, 0.05) is 46.5 Å². The molecule has 0 spiro atoms. The zero-order chi connectivity index (χ0) is 25.8. The molecule has 1 saturated heterocycles. The van der Waals surface area contributed by atoms with E-state index in [1.165, 1.54) is 5.56 Å². The van der Waals surface area contributed by atoms with Crippen LogP contribution in [-0.2, 0) is 15.0 Å². The Morgan fingerprint density at radius 1 is 1.08 bits per heavy atom. The molecule has 4 atom stereocenters. The number of carbonyl (C=O) groups is 2. The number of likely N-dealkylation sites (tertiary alicyclic amines) is 1. The molecule has 6 heteroatoms. The minimum absolute atomic E-state index is 0.128. The van der Waals surface area contributed by atoms with E-state index in [-0.39, 0.29) is 24.3 Å². The van der Waals surface area contributed by atoms with Crippen LogP contribution in [0.15, 0.2) is 83.3 Å². The fourth-order valence-corrected chi connectivity index (χ4v) is 7.86. The van der Waals surface area contributed by atoms with Crippen molar-refractivity contribution in [3.8, 4) is 5.75 Å². The second-order valence-corrected chi connectivity index (χ2v) is 11.3. The Kier molecular flexibility index (Phi) is 5.75. The zero-order valence-electron chi connectivity index (χ0n) is 20.6. The van der Waals surface area contributed by atoms with Gasteiger partial charge < -0.3 is 14.7 Å². The standard InChI is InChI=1S/C31H28BrNO4/c1-37-26-12-5-2-7-20(26)13-14-28(34)33-18-27-30(21-8-6-9-22(32)17-21)16-15-25(31(27,19-33)29(35)36)23-10-3-4-11-24(23)30/h2-14,17,25,27H,15-16,18-19H2,1H3,(H,35,36)/b14-13+/t25-,27-,30-,31-/m0/s1. The number of methoxy groups -OCH3 is 1. The molecule has 2 bridgehead atoms. The summed E-state index contributed by atoms with van der Waals surface area (Å²) in [5, 5.41) is 10.9. The third kappa shape index (κ3) is 3.42. The van der Waals surface area contributed by atoms with E-state index in [0.29, 0.717) is 12.3 Å². The number of fused-ring (bicyclic) bond motifs is 1. The smallest absolute Gasteiger partial charge is 0.312 e. The summed E-state index contributed by atoms with van der Waals surface area (Å²) >= 11 is 3.64. The highest BCUT2D eigenvalue weighted by Gasteiger charge is 2.70. The molecular weight excluding hydrogens is 530 g/mol. The van der Waals surface area contributed by atoms with Crippen molar-refractivity contribution < 1.29 is 19.4 Å². The first kappa shape index (κ1) is 24.0. The van der Waals surface area contributed by atoms with Gasteiger partial charge in [0.2, 0.25) is 5.91 Å². The lowest BCUT2D eigenvalue weighted by Crippen LogP contribution is -2.60. The number of benzene rings is 3. The van der Waals surface area contributed by atoms with Gasteiger partial charge in [0.15, 0.2) is 0 Å². The van der Waals surface area contributed by atoms with Crippen LogP contribution in [0.4, 0.5) is 0 Å². The Morgan fingerprint density at radius 2 is 1.86 bits per heavy atom. The monoisotopic (exact) mass is 557 g/mol. The Labute approximate surface area is 224 Å². The summed E-state index contributed by atoms with van der Waals surface area (Å²) < 4.78 is 6.38. The van der Waals surface area contributed by atoms with E-state index in [4.69, 9.17) is 4.74 Å². The van der Waals surface area contributed by atoms with Crippen molar-refractivity contribution in [2.45, 2.75) is 24.2 Å². The molecule has 3 aromatic rings. The van der Waals surface area contributed by atoms with E-state index < -0.39 is 16.8 Å². The van der Waals surface area contributed by atoms with Gasteiger partial charge in [0.25, 0.3) is 0 Å². The number of para-hydroxylation sites is 1. The number of carboxylic acid groups (broad SMARTS) is 1. The van der Waals surface area contributed by atoms with Crippen molar-refractivity contribution in [3.05, 3.63) is 106 Å². The number of rotatable bonds is 5. The molecule has 188 valence electrons. The Bertz CT molecular complexity index is 1430.